The fourth-order valence-electron chi connectivity index (χ4n) is 3.94. The van der Waals surface area contributed by atoms with Crippen LogP contribution in [0.15, 0.2) is 65.5 Å². The van der Waals surface area contributed by atoms with Crippen LogP contribution in [-0.2, 0) is 34.0 Å². The molecule has 0 saturated carbocycles. The molecule has 5 rings (SSSR count). The van der Waals surface area contributed by atoms with Crippen molar-refractivity contribution in [3.63, 3.8) is 0 Å². The maximum absolute atomic E-state index is 13.9. The van der Waals surface area contributed by atoms with Crippen LogP contribution in [0.1, 0.15) is 11.1 Å². The van der Waals surface area contributed by atoms with Crippen molar-refractivity contribution in [1.29, 1.82) is 0 Å². The largest absolute Gasteiger partial charge is 0.467 e. The summed E-state index contributed by atoms with van der Waals surface area (Å²) in [6.07, 6.45) is 0. The maximum atomic E-state index is 13.9. The van der Waals surface area contributed by atoms with Crippen LogP contribution in [0.2, 0.25) is 0 Å². The minimum absolute atomic E-state index is 0.0644. The molecule has 2 heterocycles. The van der Waals surface area contributed by atoms with Crippen LogP contribution in [0.3, 0.4) is 0 Å². The molecule has 1 aliphatic heterocycles. The zero-order chi connectivity index (χ0) is 21.4. The lowest BCUT2D eigenvalue weighted by Gasteiger charge is -2.21. The van der Waals surface area contributed by atoms with Gasteiger partial charge < -0.3 is 18.8 Å². The molecule has 0 bridgehead atoms. The Morgan fingerprint density at radius 3 is 2.42 bits per heavy atom. The van der Waals surface area contributed by atoms with E-state index in [1.165, 1.54) is 12.1 Å². The summed E-state index contributed by atoms with van der Waals surface area (Å²) in [7, 11) is 0. The molecule has 7 heteroatoms. The summed E-state index contributed by atoms with van der Waals surface area (Å²) < 4.78 is 31.8. The Hall–Kier alpha value is -3.71. The molecule has 1 aromatic heterocycles. The molecule has 0 unspecified atom stereocenters. The van der Waals surface area contributed by atoms with E-state index in [2.05, 4.69) is 0 Å². The van der Waals surface area contributed by atoms with Crippen LogP contribution < -0.4 is 10.2 Å². The van der Waals surface area contributed by atoms with Gasteiger partial charge in [-0.3, -0.25) is 9.59 Å². The molecule has 156 valence electrons. The Balaban J connectivity index is 1.46. The zero-order valence-corrected chi connectivity index (χ0v) is 16.5. The second-order valence-electron chi connectivity index (χ2n) is 7.27. The normalized spacial score (nSPS) is 13.1. The first kappa shape index (κ1) is 19.3. The predicted molar refractivity (Wildman–Crippen MR) is 112 cm³/mol. The minimum Gasteiger partial charge on any atom is -0.467 e. The van der Waals surface area contributed by atoms with Crippen molar-refractivity contribution in [3.05, 3.63) is 87.8 Å². The van der Waals surface area contributed by atoms with E-state index in [9.17, 15) is 14.0 Å². The van der Waals surface area contributed by atoms with Crippen molar-refractivity contribution in [2.45, 2.75) is 19.8 Å². The number of pyridine rings is 1. The second-order valence-corrected chi connectivity index (χ2v) is 7.27. The zero-order valence-electron chi connectivity index (χ0n) is 16.5. The Morgan fingerprint density at radius 2 is 1.71 bits per heavy atom. The molecule has 6 nitrogen and oxygen atoms in total. The monoisotopic (exact) mass is 419 g/mol. The first-order valence-corrected chi connectivity index (χ1v) is 9.79. The van der Waals surface area contributed by atoms with E-state index in [-0.39, 0.29) is 32.0 Å². The average Bonchev–Trinajstić information content (AvgIpc) is 2.80. The maximum Gasteiger partial charge on any atom is 0.326 e. The number of hydrogen-bond donors (Lipinski definition) is 0. The van der Waals surface area contributed by atoms with E-state index in [1.807, 2.05) is 12.1 Å². The van der Waals surface area contributed by atoms with Gasteiger partial charge in [0.2, 0.25) is 0 Å². The van der Waals surface area contributed by atoms with Crippen molar-refractivity contribution in [2.24, 2.45) is 0 Å². The molecule has 31 heavy (non-hydrogen) atoms. The molecule has 0 fully saturated rings. The highest BCUT2D eigenvalue weighted by Gasteiger charge is 2.19. The lowest BCUT2D eigenvalue weighted by Crippen LogP contribution is -2.19. The molecule has 0 N–H and O–H groups in total. The SMILES string of the molecule is O=C(Cn1c2ccccc2c(=O)c2ccccc21)OCc1cc(F)cc2c1OCOC2. The average molecular weight is 419 g/mol. The predicted octanol–water partition coefficient (Wildman–Crippen LogP) is 3.90. The summed E-state index contributed by atoms with van der Waals surface area (Å²) in [6.45, 7) is 0.0795. The highest BCUT2D eigenvalue weighted by molar-refractivity contribution is 5.94. The fraction of sp³-hybridized carbons (Fsp3) is 0.167. The third kappa shape index (κ3) is 3.53. The molecule has 0 radical (unpaired) electrons. The molecule has 1 aliphatic rings. The summed E-state index contributed by atoms with van der Waals surface area (Å²) in [4.78, 5) is 25.5. The van der Waals surface area contributed by atoms with Crippen molar-refractivity contribution in [2.75, 3.05) is 6.79 Å². The molecule has 3 aromatic carbocycles. The van der Waals surface area contributed by atoms with Gasteiger partial charge in [0.1, 0.15) is 24.7 Å². The number of aromatic nitrogens is 1. The highest BCUT2D eigenvalue weighted by atomic mass is 19.1. The van der Waals surface area contributed by atoms with Gasteiger partial charge in [-0.25, -0.2) is 4.39 Å². The van der Waals surface area contributed by atoms with Gasteiger partial charge in [0.25, 0.3) is 0 Å². The van der Waals surface area contributed by atoms with Gasteiger partial charge in [-0.2, -0.15) is 0 Å². The Labute approximate surface area is 176 Å². The number of benzene rings is 3. The Kier molecular flexibility index (Phi) is 4.88. The topological polar surface area (TPSA) is 66.8 Å². The second kappa shape index (κ2) is 7.85. The molecule has 0 amide bonds. The molecule has 0 spiro atoms. The van der Waals surface area contributed by atoms with Gasteiger partial charge in [0, 0.05) is 21.9 Å². The summed E-state index contributed by atoms with van der Waals surface area (Å²) in [5.41, 5.74) is 2.23. The Bertz CT molecular complexity index is 1320. The van der Waals surface area contributed by atoms with Crippen molar-refractivity contribution >= 4 is 27.8 Å². The number of carbonyl (C=O) groups excluding carboxylic acids is 1. The van der Waals surface area contributed by atoms with Gasteiger partial charge in [-0.05, 0) is 36.4 Å². The number of para-hydroxylation sites is 2. The van der Waals surface area contributed by atoms with E-state index in [0.717, 1.165) is 0 Å². The van der Waals surface area contributed by atoms with E-state index >= 15 is 0 Å². The number of nitrogens with zero attached hydrogens (tertiary/aromatic N) is 1. The summed E-state index contributed by atoms with van der Waals surface area (Å²) in [5, 5.41) is 1.06. The number of ether oxygens (including phenoxy) is 3. The smallest absolute Gasteiger partial charge is 0.326 e. The fourth-order valence-corrected chi connectivity index (χ4v) is 3.94. The standard InChI is InChI=1S/C24H18FNO5/c25-17-9-15-12-29-14-31-24(15)16(10-17)13-30-22(27)11-26-20-7-3-1-5-18(20)23(28)19-6-2-4-8-21(19)26/h1-10H,11-14H2. The first-order chi connectivity index (χ1) is 15.1. The van der Waals surface area contributed by atoms with E-state index < -0.39 is 11.8 Å². The van der Waals surface area contributed by atoms with Crippen LogP contribution in [0, 0.1) is 5.82 Å². The number of halogens is 1. The molecule has 0 atom stereocenters. The molecule has 4 aromatic rings. The van der Waals surface area contributed by atoms with Gasteiger partial charge >= 0.3 is 5.97 Å². The number of esters is 1. The third-order valence-electron chi connectivity index (χ3n) is 5.31. The lowest BCUT2D eigenvalue weighted by atomic mass is 10.1. The summed E-state index contributed by atoms with van der Waals surface area (Å²) in [6, 6.07) is 16.9. The van der Waals surface area contributed by atoms with Crippen LogP contribution in [0.5, 0.6) is 5.75 Å². The van der Waals surface area contributed by atoms with Gasteiger partial charge in [-0.1, -0.05) is 24.3 Å². The summed E-state index contributed by atoms with van der Waals surface area (Å²) >= 11 is 0. The van der Waals surface area contributed by atoms with Gasteiger partial charge in [0.05, 0.1) is 17.6 Å². The van der Waals surface area contributed by atoms with Crippen molar-refractivity contribution < 1.29 is 23.4 Å². The molecule has 0 saturated heterocycles. The summed E-state index contributed by atoms with van der Waals surface area (Å²) in [5.74, 6) is -0.472. The lowest BCUT2D eigenvalue weighted by molar-refractivity contribution is -0.145. The van der Waals surface area contributed by atoms with Crippen molar-refractivity contribution in [3.8, 4) is 5.75 Å². The van der Waals surface area contributed by atoms with Crippen molar-refractivity contribution in [1.82, 2.24) is 4.57 Å². The van der Waals surface area contributed by atoms with E-state index in [4.69, 9.17) is 14.2 Å². The number of hydrogen-bond acceptors (Lipinski definition) is 5. The van der Waals surface area contributed by atoms with Crippen LogP contribution in [-0.4, -0.2) is 17.3 Å². The molecular formula is C24H18FNO5. The Morgan fingerprint density at radius 1 is 1.03 bits per heavy atom. The van der Waals surface area contributed by atoms with E-state index in [0.29, 0.717) is 38.7 Å². The van der Waals surface area contributed by atoms with E-state index in [1.54, 1.807) is 41.0 Å². The quantitative estimate of drug-likeness (QED) is 0.371. The van der Waals surface area contributed by atoms with Crippen LogP contribution in [0.4, 0.5) is 4.39 Å². The molecule has 0 aliphatic carbocycles. The number of carbonyl (C=O) groups is 1. The third-order valence-corrected chi connectivity index (χ3v) is 5.31. The number of rotatable bonds is 4. The number of fused-ring (bicyclic) bond motifs is 3. The first-order valence-electron chi connectivity index (χ1n) is 9.79. The minimum atomic E-state index is -0.510. The van der Waals surface area contributed by atoms with Crippen LogP contribution in [0.25, 0.3) is 21.8 Å². The van der Waals surface area contributed by atoms with Crippen LogP contribution >= 0.6 is 0 Å². The highest BCUT2D eigenvalue weighted by Crippen LogP contribution is 2.30. The van der Waals surface area contributed by atoms with Gasteiger partial charge in [-0.15, -0.1) is 0 Å². The van der Waals surface area contributed by atoms with Gasteiger partial charge in [0.15, 0.2) is 12.2 Å². The molecular weight excluding hydrogens is 401 g/mol.